The van der Waals surface area contributed by atoms with Gasteiger partial charge < -0.3 is 26.2 Å². The van der Waals surface area contributed by atoms with Crippen LogP contribution >= 0.6 is 0 Å². The predicted octanol–water partition coefficient (Wildman–Crippen LogP) is 1.27. The number of alkyl carbamates (subject to hydrolysis) is 1. The number of amides is 3. The SMILES string of the molecule is NC(=O)[C@H](CCc1ccccc1)NC(=O)C[C@H](O)CNC(=O)OCc1ccccc1. The smallest absolute Gasteiger partial charge is 0.407 e. The van der Waals surface area contributed by atoms with Crippen LogP contribution < -0.4 is 16.4 Å². The summed E-state index contributed by atoms with van der Waals surface area (Å²) in [6, 6.07) is 17.8. The van der Waals surface area contributed by atoms with Crippen LogP contribution in [-0.2, 0) is 27.4 Å². The van der Waals surface area contributed by atoms with Crippen LogP contribution in [0.3, 0.4) is 0 Å². The Kier molecular flexibility index (Phi) is 9.33. The van der Waals surface area contributed by atoms with E-state index in [2.05, 4.69) is 10.6 Å². The number of primary amides is 1. The van der Waals surface area contributed by atoms with E-state index in [0.29, 0.717) is 12.8 Å². The Morgan fingerprint density at radius 2 is 1.57 bits per heavy atom. The average molecular weight is 413 g/mol. The summed E-state index contributed by atoms with van der Waals surface area (Å²) in [6.07, 6.45) is -1.18. The molecule has 5 N–H and O–H groups in total. The zero-order valence-electron chi connectivity index (χ0n) is 16.6. The van der Waals surface area contributed by atoms with Gasteiger partial charge in [-0.15, -0.1) is 0 Å². The number of aliphatic hydroxyl groups excluding tert-OH is 1. The molecule has 0 saturated carbocycles. The van der Waals surface area contributed by atoms with Crippen LogP contribution in [-0.4, -0.2) is 41.7 Å². The first kappa shape index (κ1) is 22.9. The molecule has 0 radical (unpaired) electrons. The Balaban J connectivity index is 1.68. The van der Waals surface area contributed by atoms with Gasteiger partial charge in [0.2, 0.25) is 11.8 Å². The Bertz CT molecular complexity index is 814. The number of carbonyl (C=O) groups is 3. The normalized spacial score (nSPS) is 12.4. The number of nitrogens with two attached hydrogens (primary N) is 1. The van der Waals surface area contributed by atoms with Gasteiger partial charge in [0.05, 0.1) is 12.5 Å². The van der Waals surface area contributed by atoms with E-state index in [1.165, 1.54) is 0 Å². The monoisotopic (exact) mass is 413 g/mol. The van der Waals surface area contributed by atoms with Crippen LogP contribution in [0.2, 0.25) is 0 Å². The fourth-order valence-electron chi connectivity index (χ4n) is 2.76. The molecule has 0 aliphatic rings. The second kappa shape index (κ2) is 12.2. The average Bonchev–Trinajstić information content (AvgIpc) is 2.75. The van der Waals surface area contributed by atoms with Gasteiger partial charge >= 0.3 is 6.09 Å². The van der Waals surface area contributed by atoms with Crippen molar-refractivity contribution >= 4 is 17.9 Å². The number of hydrogen-bond acceptors (Lipinski definition) is 5. The molecular formula is C22H27N3O5. The van der Waals surface area contributed by atoms with Gasteiger partial charge in [-0.1, -0.05) is 60.7 Å². The molecule has 0 aliphatic carbocycles. The maximum atomic E-state index is 12.1. The van der Waals surface area contributed by atoms with Crippen molar-refractivity contribution in [3.05, 3.63) is 71.8 Å². The summed E-state index contributed by atoms with van der Waals surface area (Å²) in [5.74, 6) is -1.17. The molecule has 0 aliphatic heterocycles. The van der Waals surface area contributed by atoms with Crippen molar-refractivity contribution in [1.82, 2.24) is 10.6 Å². The second-order valence-corrected chi connectivity index (χ2v) is 6.85. The van der Waals surface area contributed by atoms with Gasteiger partial charge in [0.1, 0.15) is 12.6 Å². The maximum absolute atomic E-state index is 12.1. The summed E-state index contributed by atoms with van der Waals surface area (Å²) < 4.78 is 5.03. The highest BCUT2D eigenvalue weighted by Gasteiger charge is 2.20. The van der Waals surface area contributed by atoms with E-state index in [4.69, 9.17) is 10.5 Å². The highest BCUT2D eigenvalue weighted by Crippen LogP contribution is 2.06. The molecule has 0 bridgehead atoms. The first-order chi connectivity index (χ1) is 14.4. The fourth-order valence-corrected chi connectivity index (χ4v) is 2.76. The molecule has 30 heavy (non-hydrogen) atoms. The molecule has 8 heteroatoms. The number of ether oxygens (including phenoxy) is 1. The van der Waals surface area contributed by atoms with Gasteiger partial charge in [0.15, 0.2) is 0 Å². The van der Waals surface area contributed by atoms with Crippen molar-refractivity contribution in [2.45, 2.75) is 38.0 Å². The minimum atomic E-state index is -1.13. The zero-order valence-corrected chi connectivity index (χ0v) is 16.6. The highest BCUT2D eigenvalue weighted by molar-refractivity contribution is 5.86. The lowest BCUT2D eigenvalue weighted by Gasteiger charge is -2.17. The molecular weight excluding hydrogens is 386 g/mol. The molecule has 2 rings (SSSR count). The molecule has 0 aromatic heterocycles. The Morgan fingerprint density at radius 1 is 0.967 bits per heavy atom. The molecule has 0 saturated heterocycles. The van der Waals surface area contributed by atoms with Gasteiger partial charge in [0.25, 0.3) is 0 Å². The molecule has 8 nitrogen and oxygen atoms in total. The molecule has 0 fully saturated rings. The van der Waals surface area contributed by atoms with E-state index in [0.717, 1.165) is 11.1 Å². The summed E-state index contributed by atoms with van der Waals surface area (Å²) in [7, 11) is 0. The quantitative estimate of drug-likeness (QED) is 0.441. The van der Waals surface area contributed by atoms with Gasteiger partial charge in [-0.25, -0.2) is 4.79 Å². The van der Waals surface area contributed by atoms with Crippen LogP contribution in [0.5, 0.6) is 0 Å². The summed E-state index contributed by atoms with van der Waals surface area (Å²) >= 11 is 0. The molecule has 160 valence electrons. The number of carbonyl (C=O) groups excluding carboxylic acids is 3. The lowest BCUT2D eigenvalue weighted by molar-refractivity contribution is -0.128. The standard InChI is InChI=1S/C22H27N3O5/c23-21(28)19(12-11-16-7-3-1-4-8-16)25-20(27)13-18(26)14-24-22(29)30-15-17-9-5-2-6-10-17/h1-10,18-19,26H,11-15H2,(H2,23,28)(H,24,29)(H,25,27)/t18-,19-/m0/s1. The first-order valence-corrected chi connectivity index (χ1v) is 9.69. The number of rotatable bonds is 11. The Labute approximate surface area is 175 Å². The number of benzene rings is 2. The topological polar surface area (TPSA) is 131 Å². The van der Waals surface area contributed by atoms with Crippen molar-refractivity contribution in [3.63, 3.8) is 0 Å². The zero-order chi connectivity index (χ0) is 21.8. The van der Waals surface area contributed by atoms with Crippen molar-refractivity contribution in [3.8, 4) is 0 Å². The largest absolute Gasteiger partial charge is 0.445 e. The number of aliphatic hydroxyl groups is 1. The van der Waals surface area contributed by atoms with E-state index in [9.17, 15) is 19.5 Å². The van der Waals surface area contributed by atoms with Crippen LogP contribution in [0.4, 0.5) is 4.79 Å². The van der Waals surface area contributed by atoms with Crippen LogP contribution in [0.15, 0.2) is 60.7 Å². The number of hydrogen-bond donors (Lipinski definition) is 4. The molecule has 3 amide bonds. The summed E-state index contributed by atoms with van der Waals surface area (Å²) in [4.78, 5) is 35.4. The molecule has 0 spiro atoms. The van der Waals surface area contributed by atoms with Gasteiger partial charge in [-0.3, -0.25) is 9.59 Å². The van der Waals surface area contributed by atoms with E-state index in [1.54, 1.807) is 0 Å². The molecule has 2 aromatic carbocycles. The van der Waals surface area contributed by atoms with Gasteiger partial charge in [-0.2, -0.15) is 0 Å². The molecule has 2 atom stereocenters. The fraction of sp³-hybridized carbons (Fsp3) is 0.318. The number of nitrogens with one attached hydrogen (secondary N) is 2. The maximum Gasteiger partial charge on any atom is 0.407 e. The van der Waals surface area contributed by atoms with Crippen molar-refractivity contribution in [1.29, 1.82) is 0 Å². The molecule has 0 heterocycles. The lowest BCUT2D eigenvalue weighted by atomic mass is 10.0. The van der Waals surface area contributed by atoms with E-state index in [-0.39, 0.29) is 19.6 Å². The van der Waals surface area contributed by atoms with Crippen molar-refractivity contribution in [2.24, 2.45) is 5.73 Å². The third kappa shape index (κ3) is 8.74. The Hall–Kier alpha value is -3.39. The lowest BCUT2D eigenvalue weighted by Crippen LogP contribution is -2.46. The van der Waals surface area contributed by atoms with E-state index < -0.39 is 30.1 Å². The Morgan fingerprint density at radius 3 is 2.17 bits per heavy atom. The van der Waals surface area contributed by atoms with Crippen LogP contribution in [0.1, 0.15) is 24.0 Å². The van der Waals surface area contributed by atoms with Crippen molar-refractivity contribution < 1.29 is 24.2 Å². The third-order valence-electron chi connectivity index (χ3n) is 4.36. The minimum absolute atomic E-state index is 0.102. The number of aryl methyl sites for hydroxylation is 1. The summed E-state index contributed by atoms with van der Waals surface area (Å²) in [5, 5.41) is 14.9. The first-order valence-electron chi connectivity index (χ1n) is 9.69. The van der Waals surface area contributed by atoms with Crippen LogP contribution in [0, 0.1) is 0 Å². The van der Waals surface area contributed by atoms with E-state index >= 15 is 0 Å². The third-order valence-corrected chi connectivity index (χ3v) is 4.36. The summed E-state index contributed by atoms with van der Waals surface area (Å²) in [6.45, 7) is -0.0583. The predicted molar refractivity (Wildman–Crippen MR) is 111 cm³/mol. The molecule has 2 aromatic rings. The van der Waals surface area contributed by atoms with Crippen molar-refractivity contribution in [2.75, 3.05) is 6.54 Å². The summed E-state index contributed by atoms with van der Waals surface area (Å²) in [5.41, 5.74) is 7.23. The van der Waals surface area contributed by atoms with Gasteiger partial charge in [0, 0.05) is 6.54 Å². The second-order valence-electron chi connectivity index (χ2n) is 6.85. The van der Waals surface area contributed by atoms with Crippen LogP contribution in [0.25, 0.3) is 0 Å². The van der Waals surface area contributed by atoms with Gasteiger partial charge in [-0.05, 0) is 24.0 Å². The van der Waals surface area contributed by atoms with E-state index in [1.807, 2.05) is 60.7 Å². The highest BCUT2D eigenvalue weighted by atomic mass is 16.5. The molecule has 0 unspecified atom stereocenters. The minimum Gasteiger partial charge on any atom is -0.445 e.